The molecule has 80 valence electrons. The average Bonchev–Trinajstić information content (AvgIpc) is 2.48. The van der Waals surface area contributed by atoms with Gasteiger partial charge in [-0.3, -0.25) is 0 Å². The van der Waals surface area contributed by atoms with Crippen molar-refractivity contribution in [2.24, 2.45) is 0 Å². The Morgan fingerprint density at radius 3 is 2.93 bits per heavy atom. The molecule has 0 amide bonds. The third-order valence-corrected chi connectivity index (χ3v) is 1.86. The Morgan fingerprint density at radius 2 is 2.29 bits per heavy atom. The first kappa shape index (κ1) is 11.2. The molecule has 0 aliphatic heterocycles. The van der Waals surface area contributed by atoms with Crippen LogP contribution in [0.3, 0.4) is 0 Å². The summed E-state index contributed by atoms with van der Waals surface area (Å²) >= 11 is 0. The average molecular weight is 200 g/mol. The van der Waals surface area contributed by atoms with Crippen molar-refractivity contribution in [1.82, 2.24) is 0 Å². The Bertz CT molecular complexity index is 267. The normalized spacial score (nSPS) is 10.8. The van der Waals surface area contributed by atoms with Gasteiger partial charge >= 0.3 is 0 Å². The number of methoxy groups -OCH3 is 1. The van der Waals surface area contributed by atoms with Crippen molar-refractivity contribution >= 4 is 0 Å². The highest BCUT2D eigenvalue weighted by atomic mass is 16.7. The fourth-order valence-corrected chi connectivity index (χ4v) is 1.18. The lowest BCUT2D eigenvalue weighted by atomic mass is 10.2. The number of aryl methyl sites for hydroxylation is 1. The molecule has 0 fully saturated rings. The van der Waals surface area contributed by atoms with E-state index >= 15 is 0 Å². The largest absolute Gasteiger partial charge is 0.463 e. The van der Waals surface area contributed by atoms with Crippen LogP contribution in [0.15, 0.2) is 10.5 Å². The highest BCUT2D eigenvalue weighted by Gasteiger charge is 2.06. The number of rotatable bonds is 6. The second-order valence-corrected chi connectivity index (χ2v) is 3.05. The molecule has 1 aromatic heterocycles. The van der Waals surface area contributed by atoms with Crippen LogP contribution in [0.25, 0.3) is 0 Å². The molecule has 1 heterocycles. The Hall–Kier alpha value is -0.840. The van der Waals surface area contributed by atoms with E-state index in [0.717, 1.165) is 17.1 Å². The number of hydrogen-bond donors (Lipinski definition) is 1. The van der Waals surface area contributed by atoms with Gasteiger partial charge in [0.15, 0.2) is 0 Å². The molecular formula is C10H16O4. The molecular weight excluding hydrogens is 184 g/mol. The molecule has 0 unspecified atom stereocenters. The summed E-state index contributed by atoms with van der Waals surface area (Å²) < 4.78 is 15.4. The van der Waals surface area contributed by atoms with Crippen LogP contribution in [0, 0.1) is 6.92 Å². The molecule has 4 heteroatoms. The first-order valence-electron chi connectivity index (χ1n) is 4.53. The third-order valence-electron chi connectivity index (χ3n) is 1.86. The van der Waals surface area contributed by atoms with Crippen molar-refractivity contribution in [3.63, 3.8) is 0 Å². The second-order valence-electron chi connectivity index (χ2n) is 3.05. The standard InChI is InChI=1S/C10H16O4/c1-8-5-9(3-4-11)14-10(8)6-13-7-12-2/h5,11H,3-4,6-7H2,1-2H3. The number of aliphatic hydroxyl groups is 1. The smallest absolute Gasteiger partial charge is 0.146 e. The Balaban J connectivity index is 2.49. The van der Waals surface area contributed by atoms with Crippen LogP contribution in [-0.4, -0.2) is 25.6 Å². The van der Waals surface area contributed by atoms with Gasteiger partial charge in [0.2, 0.25) is 0 Å². The van der Waals surface area contributed by atoms with Crippen LogP contribution < -0.4 is 0 Å². The lowest BCUT2D eigenvalue weighted by Gasteiger charge is -2.00. The number of ether oxygens (including phenoxy) is 2. The summed E-state index contributed by atoms with van der Waals surface area (Å²) in [5.41, 5.74) is 1.05. The van der Waals surface area contributed by atoms with E-state index in [1.54, 1.807) is 7.11 Å². The van der Waals surface area contributed by atoms with E-state index in [2.05, 4.69) is 0 Å². The monoisotopic (exact) mass is 200 g/mol. The van der Waals surface area contributed by atoms with Gasteiger partial charge in [0.1, 0.15) is 24.9 Å². The van der Waals surface area contributed by atoms with E-state index in [1.807, 2.05) is 13.0 Å². The Kier molecular flexibility index (Phi) is 4.65. The van der Waals surface area contributed by atoms with E-state index in [9.17, 15) is 0 Å². The van der Waals surface area contributed by atoms with Crippen LogP contribution in [0.4, 0.5) is 0 Å². The lowest BCUT2D eigenvalue weighted by molar-refractivity contribution is -0.0444. The Labute approximate surface area is 83.4 Å². The number of aliphatic hydroxyl groups excluding tert-OH is 1. The first-order chi connectivity index (χ1) is 6.77. The van der Waals surface area contributed by atoms with Gasteiger partial charge in [-0.2, -0.15) is 0 Å². The summed E-state index contributed by atoms with van der Waals surface area (Å²) in [4.78, 5) is 0. The highest BCUT2D eigenvalue weighted by molar-refractivity contribution is 5.19. The molecule has 0 saturated carbocycles. The quantitative estimate of drug-likeness (QED) is 0.554. The summed E-state index contributed by atoms with van der Waals surface area (Å²) in [6, 6.07) is 1.92. The maximum atomic E-state index is 8.72. The predicted octanol–water partition coefficient (Wildman–Crippen LogP) is 1.24. The highest BCUT2D eigenvalue weighted by Crippen LogP contribution is 2.15. The van der Waals surface area contributed by atoms with Crippen molar-refractivity contribution < 1.29 is 19.0 Å². The summed E-state index contributed by atoms with van der Waals surface area (Å²) in [7, 11) is 1.58. The summed E-state index contributed by atoms with van der Waals surface area (Å²) in [5.74, 6) is 1.59. The van der Waals surface area contributed by atoms with Crippen molar-refractivity contribution in [3.8, 4) is 0 Å². The molecule has 0 atom stereocenters. The molecule has 0 saturated heterocycles. The van der Waals surface area contributed by atoms with Crippen LogP contribution in [0.2, 0.25) is 0 Å². The van der Waals surface area contributed by atoms with Gasteiger partial charge in [-0.15, -0.1) is 0 Å². The van der Waals surface area contributed by atoms with Crippen molar-refractivity contribution in [2.75, 3.05) is 20.5 Å². The van der Waals surface area contributed by atoms with Gasteiger partial charge in [-0.05, 0) is 18.6 Å². The molecule has 14 heavy (non-hydrogen) atoms. The molecule has 1 rings (SSSR count). The van der Waals surface area contributed by atoms with Crippen LogP contribution in [0.1, 0.15) is 17.1 Å². The van der Waals surface area contributed by atoms with E-state index < -0.39 is 0 Å². The van der Waals surface area contributed by atoms with E-state index in [0.29, 0.717) is 13.0 Å². The molecule has 0 radical (unpaired) electrons. The van der Waals surface area contributed by atoms with Gasteiger partial charge in [-0.25, -0.2) is 0 Å². The van der Waals surface area contributed by atoms with Gasteiger partial charge in [-0.1, -0.05) is 0 Å². The zero-order valence-corrected chi connectivity index (χ0v) is 8.58. The molecule has 4 nitrogen and oxygen atoms in total. The van der Waals surface area contributed by atoms with Gasteiger partial charge < -0.3 is 19.0 Å². The zero-order valence-electron chi connectivity index (χ0n) is 8.58. The van der Waals surface area contributed by atoms with Crippen molar-refractivity contribution in [3.05, 3.63) is 23.2 Å². The lowest BCUT2D eigenvalue weighted by Crippen LogP contribution is -1.96. The fraction of sp³-hybridized carbons (Fsp3) is 0.600. The minimum atomic E-state index is 0.103. The van der Waals surface area contributed by atoms with Gasteiger partial charge in [0.05, 0.1) is 6.61 Å². The minimum Gasteiger partial charge on any atom is -0.463 e. The summed E-state index contributed by atoms with van der Waals surface area (Å²) in [5, 5.41) is 8.72. The van der Waals surface area contributed by atoms with E-state index in [4.69, 9.17) is 19.0 Å². The van der Waals surface area contributed by atoms with Crippen LogP contribution in [0.5, 0.6) is 0 Å². The molecule has 1 aromatic rings. The van der Waals surface area contributed by atoms with E-state index in [1.165, 1.54) is 0 Å². The van der Waals surface area contributed by atoms with Crippen molar-refractivity contribution in [2.45, 2.75) is 20.0 Å². The van der Waals surface area contributed by atoms with Crippen molar-refractivity contribution in [1.29, 1.82) is 0 Å². The maximum Gasteiger partial charge on any atom is 0.146 e. The molecule has 0 spiro atoms. The third kappa shape index (κ3) is 3.14. The van der Waals surface area contributed by atoms with Gasteiger partial charge in [0.25, 0.3) is 0 Å². The second kappa shape index (κ2) is 5.80. The zero-order chi connectivity index (χ0) is 10.4. The fourth-order valence-electron chi connectivity index (χ4n) is 1.18. The summed E-state index contributed by atoms with van der Waals surface area (Å²) in [6.07, 6.45) is 0.547. The predicted molar refractivity (Wildman–Crippen MR) is 50.9 cm³/mol. The molecule has 0 aliphatic carbocycles. The molecule has 0 bridgehead atoms. The topological polar surface area (TPSA) is 51.8 Å². The minimum absolute atomic E-state index is 0.103. The summed E-state index contributed by atoms with van der Waals surface area (Å²) in [6.45, 7) is 2.72. The first-order valence-corrected chi connectivity index (χ1v) is 4.53. The maximum absolute atomic E-state index is 8.72. The number of hydrogen-bond acceptors (Lipinski definition) is 4. The molecule has 0 aromatic carbocycles. The molecule has 0 aliphatic rings. The van der Waals surface area contributed by atoms with Crippen LogP contribution >= 0.6 is 0 Å². The number of furan rings is 1. The molecule has 1 N–H and O–H groups in total. The van der Waals surface area contributed by atoms with Gasteiger partial charge in [0, 0.05) is 13.5 Å². The van der Waals surface area contributed by atoms with Crippen LogP contribution in [-0.2, 0) is 22.5 Å². The SMILES string of the molecule is COCOCc1oc(CCO)cc1C. The van der Waals surface area contributed by atoms with E-state index in [-0.39, 0.29) is 13.4 Å². The Morgan fingerprint density at radius 1 is 1.50 bits per heavy atom.